The van der Waals surface area contributed by atoms with Crippen LogP contribution < -0.4 is 20.9 Å². The lowest BCUT2D eigenvalue weighted by atomic mass is 10.1. The summed E-state index contributed by atoms with van der Waals surface area (Å²) >= 11 is 5.98. The van der Waals surface area contributed by atoms with Crippen LogP contribution in [0, 0.1) is 5.82 Å². The molecule has 0 bridgehead atoms. The van der Waals surface area contributed by atoms with Crippen LogP contribution in [0.3, 0.4) is 0 Å². The molecule has 1 aliphatic rings. The van der Waals surface area contributed by atoms with Crippen LogP contribution in [-0.2, 0) is 25.9 Å². The smallest absolute Gasteiger partial charge is 0.240 e. The first kappa shape index (κ1) is 24.8. The van der Waals surface area contributed by atoms with Gasteiger partial charge in [-0.05, 0) is 48.4 Å². The van der Waals surface area contributed by atoms with Gasteiger partial charge in [-0.15, -0.1) is 0 Å². The highest BCUT2D eigenvalue weighted by molar-refractivity contribution is 7.89. The second-order valence-corrected chi connectivity index (χ2v) is 9.45. The fourth-order valence-electron chi connectivity index (χ4n) is 3.40. The van der Waals surface area contributed by atoms with E-state index >= 15 is 0 Å². The quantitative estimate of drug-likeness (QED) is 0.389. The van der Waals surface area contributed by atoms with Gasteiger partial charge in [0.15, 0.2) is 0 Å². The molecule has 8 nitrogen and oxygen atoms in total. The van der Waals surface area contributed by atoms with Crippen molar-refractivity contribution in [1.82, 2.24) is 4.72 Å². The molecular formula is C21H27ClFN3O5S. The Morgan fingerprint density at radius 3 is 2.47 bits per heavy atom. The monoisotopic (exact) mass is 487 g/mol. The van der Waals surface area contributed by atoms with Crippen molar-refractivity contribution in [2.45, 2.75) is 23.5 Å². The Balaban J connectivity index is 1.54. The molecule has 2 aromatic carbocycles. The Morgan fingerprint density at radius 2 is 1.78 bits per heavy atom. The molecule has 0 saturated heterocycles. The van der Waals surface area contributed by atoms with E-state index in [-0.39, 0.29) is 23.1 Å². The van der Waals surface area contributed by atoms with Crippen LogP contribution in [0.15, 0.2) is 41.3 Å². The van der Waals surface area contributed by atoms with E-state index in [1.165, 1.54) is 30.3 Å². The molecule has 0 aromatic heterocycles. The highest BCUT2D eigenvalue weighted by Crippen LogP contribution is 2.37. The molecule has 2 aromatic rings. The Morgan fingerprint density at radius 1 is 1.09 bits per heavy atom. The number of sulfonamides is 1. The van der Waals surface area contributed by atoms with Crippen LogP contribution in [-0.4, -0.2) is 54.0 Å². The second-order valence-electron chi connectivity index (χ2n) is 7.24. The minimum absolute atomic E-state index is 0.0846. The highest BCUT2D eigenvalue weighted by Gasteiger charge is 2.34. The maximum Gasteiger partial charge on any atom is 0.240 e. The minimum atomic E-state index is -3.70. The largest absolute Gasteiger partial charge is 0.484 e. The normalized spacial score (nSPS) is 18.0. The SMILES string of the molecule is NCCOCCOCCNS(=O)(=O)c1ccc(O[C@H]2c3cc(Cl)cc(F)c3C[C@@H]2N)cc1. The van der Waals surface area contributed by atoms with Crippen molar-refractivity contribution in [2.75, 3.05) is 39.5 Å². The predicted molar refractivity (Wildman–Crippen MR) is 119 cm³/mol. The molecule has 0 heterocycles. The van der Waals surface area contributed by atoms with E-state index in [1.807, 2.05) is 0 Å². The third-order valence-corrected chi connectivity index (χ3v) is 6.59. The summed E-state index contributed by atoms with van der Waals surface area (Å²) < 4.78 is 57.9. The van der Waals surface area contributed by atoms with Crippen molar-refractivity contribution in [1.29, 1.82) is 0 Å². The van der Waals surface area contributed by atoms with Gasteiger partial charge < -0.3 is 25.7 Å². The first-order valence-electron chi connectivity index (χ1n) is 10.2. The van der Waals surface area contributed by atoms with E-state index in [2.05, 4.69) is 4.72 Å². The van der Waals surface area contributed by atoms with Crippen LogP contribution in [0.25, 0.3) is 0 Å². The predicted octanol–water partition coefficient (Wildman–Crippen LogP) is 1.75. The Hall–Kier alpha value is -1.79. The summed E-state index contributed by atoms with van der Waals surface area (Å²) in [7, 11) is -3.70. The molecule has 0 spiro atoms. The van der Waals surface area contributed by atoms with Crippen LogP contribution in [0.2, 0.25) is 5.02 Å². The fraction of sp³-hybridized carbons (Fsp3) is 0.429. The molecule has 0 saturated carbocycles. The number of benzene rings is 2. The summed E-state index contributed by atoms with van der Waals surface area (Å²) in [6, 6.07) is 8.38. The molecule has 3 rings (SSSR count). The third-order valence-electron chi connectivity index (χ3n) is 4.90. The van der Waals surface area contributed by atoms with Gasteiger partial charge in [-0.1, -0.05) is 11.6 Å². The third kappa shape index (κ3) is 6.38. The van der Waals surface area contributed by atoms with Gasteiger partial charge in [0.2, 0.25) is 10.0 Å². The Bertz CT molecular complexity index is 1010. The number of nitrogens with two attached hydrogens (primary N) is 2. The maximum atomic E-state index is 14.2. The number of ether oxygens (including phenoxy) is 3. The lowest BCUT2D eigenvalue weighted by Crippen LogP contribution is -2.29. The van der Waals surface area contributed by atoms with Gasteiger partial charge in [-0.3, -0.25) is 0 Å². The van der Waals surface area contributed by atoms with Crippen molar-refractivity contribution >= 4 is 21.6 Å². The van der Waals surface area contributed by atoms with Crippen molar-refractivity contribution in [2.24, 2.45) is 11.5 Å². The molecule has 1 aliphatic carbocycles. The van der Waals surface area contributed by atoms with E-state index in [9.17, 15) is 12.8 Å². The van der Waals surface area contributed by atoms with Crippen molar-refractivity contribution in [3.05, 3.63) is 58.4 Å². The van der Waals surface area contributed by atoms with E-state index in [0.717, 1.165) is 0 Å². The lowest BCUT2D eigenvalue weighted by molar-refractivity contribution is 0.0530. The van der Waals surface area contributed by atoms with Gasteiger partial charge in [0.25, 0.3) is 0 Å². The number of halogens is 2. The summed E-state index contributed by atoms with van der Waals surface area (Å²) in [5.74, 6) is 0.00655. The summed E-state index contributed by atoms with van der Waals surface area (Å²) in [6.45, 7) is 1.99. The van der Waals surface area contributed by atoms with Crippen LogP contribution in [0.5, 0.6) is 5.75 Å². The molecule has 0 aliphatic heterocycles. The molecular weight excluding hydrogens is 461 g/mol. The second kappa shape index (κ2) is 11.4. The van der Waals surface area contributed by atoms with E-state index in [4.69, 9.17) is 37.3 Å². The molecule has 5 N–H and O–H groups in total. The van der Waals surface area contributed by atoms with Crippen LogP contribution in [0.4, 0.5) is 4.39 Å². The van der Waals surface area contributed by atoms with E-state index in [0.29, 0.717) is 49.7 Å². The summed E-state index contributed by atoms with van der Waals surface area (Å²) in [6.07, 6.45) is -0.245. The van der Waals surface area contributed by atoms with Gasteiger partial charge in [-0.2, -0.15) is 0 Å². The zero-order valence-corrected chi connectivity index (χ0v) is 19.0. The molecule has 176 valence electrons. The zero-order valence-electron chi connectivity index (χ0n) is 17.4. The van der Waals surface area contributed by atoms with Gasteiger partial charge >= 0.3 is 0 Å². The van der Waals surface area contributed by atoms with Crippen molar-refractivity contribution < 1.29 is 27.0 Å². The van der Waals surface area contributed by atoms with E-state index < -0.39 is 28.0 Å². The zero-order chi connectivity index (χ0) is 23.1. The molecule has 0 unspecified atom stereocenters. The van der Waals surface area contributed by atoms with Gasteiger partial charge in [0, 0.05) is 23.7 Å². The minimum Gasteiger partial charge on any atom is -0.484 e. The van der Waals surface area contributed by atoms with Gasteiger partial charge in [-0.25, -0.2) is 17.5 Å². The number of hydrogen-bond donors (Lipinski definition) is 3. The van der Waals surface area contributed by atoms with Gasteiger partial charge in [0.1, 0.15) is 17.7 Å². The van der Waals surface area contributed by atoms with Gasteiger partial charge in [0.05, 0.1) is 37.4 Å². The summed E-state index contributed by atoms with van der Waals surface area (Å²) in [5.41, 5.74) is 12.5. The summed E-state index contributed by atoms with van der Waals surface area (Å²) in [5, 5.41) is 0.267. The number of hydrogen-bond acceptors (Lipinski definition) is 7. The molecule has 2 atom stereocenters. The van der Waals surface area contributed by atoms with Crippen molar-refractivity contribution in [3.8, 4) is 5.75 Å². The first-order valence-corrected chi connectivity index (χ1v) is 12.0. The average molecular weight is 488 g/mol. The average Bonchev–Trinajstić information content (AvgIpc) is 3.06. The molecule has 11 heteroatoms. The first-order chi connectivity index (χ1) is 15.3. The van der Waals surface area contributed by atoms with Crippen molar-refractivity contribution in [3.63, 3.8) is 0 Å². The van der Waals surface area contributed by atoms with E-state index in [1.54, 1.807) is 6.07 Å². The topological polar surface area (TPSA) is 126 Å². The number of rotatable bonds is 12. The van der Waals surface area contributed by atoms with Crippen LogP contribution in [0.1, 0.15) is 17.2 Å². The molecule has 0 radical (unpaired) electrons. The molecule has 32 heavy (non-hydrogen) atoms. The fourth-order valence-corrected chi connectivity index (χ4v) is 4.62. The summed E-state index contributed by atoms with van der Waals surface area (Å²) in [4.78, 5) is 0.0846. The lowest BCUT2D eigenvalue weighted by Gasteiger charge is -2.19. The Labute approximate surface area is 192 Å². The number of nitrogens with one attached hydrogen (secondary N) is 1. The highest BCUT2D eigenvalue weighted by atomic mass is 35.5. The van der Waals surface area contributed by atoms with Crippen LogP contribution >= 0.6 is 11.6 Å². The molecule has 0 amide bonds. The molecule has 0 fully saturated rings. The maximum absolute atomic E-state index is 14.2. The Kier molecular flexibility index (Phi) is 8.83. The standard InChI is InChI=1S/C21H27ClFN3O5S/c22-14-11-18-17(19(23)12-14)13-20(25)21(18)31-15-1-3-16(4-2-15)32(27,28)26-6-8-30-10-9-29-7-5-24/h1-4,11-12,20-21,26H,5-10,13,24-25H2/t20-,21-/m0/s1. The number of fused-ring (bicyclic) bond motifs is 1.